The van der Waals surface area contributed by atoms with Crippen molar-refractivity contribution < 1.29 is 49.1 Å². The summed E-state index contributed by atoms with van der Waals surface area (Å²) in [6, 6.07) is 16.9. The Kier molecular flexibility index (Phi) is 7.93. The molecule has 0 bridgehead atoms. The van der Waals surface area contributed by atoms with Gasteiger partial charge in [0.15, 0.2) is 35.7 Å². The molecule has 0 unspecified atom stereocenters. The van der Waals surface area contributed by atoms with Crippen LogP contribution >= 0.6 is 0 Å². The lowest BCUT2D eigenvalue weighted by Crippen LogP contribution is -3.00. The highest BCUT2D eigenvalue weighted by molar-refractivity contribution is 7.89. The fourth-order valence-corrected chi connectivity index (χ4v) is 7.46. The third kappa shape index (κ3) is 5.28. The molecule has 0 spiro atoms. The van der Waals surface area contributed by atoms with Crippen molar-refractivity contribution in [1.29, 1.82) is 0 Å². The summed E-state index contributed by atoms with van der Waals surface area (Å²) in [5.41, 5.74) is 4.76. The van der Waals surface area contributed by atoms with Crippen LogP contribution in [0, 0.1) is 0 Å². The molecular weight excluding hydrogens is 634 g/mol. The second-order valence-electron chi connectivity index (χ2n) is 11.0. The molecule has 0 N–H and O–H groups in total. The molecule has 3 aliphatic heterocycles. The molecule has 3 aliphatic rings. The van der Waals surface area contributed by atoms with Gasteiger partial charge in [0, 0.05) is 25.6 Å². The Morgan fingerprint density at radius 2 is 1.78 bits per heavy atom. The molecule has 2 aromatic heterocycles. The van der Waals surface area contributed by atoms with Crippen LogP contribution in [-0.4, -0.2) is 67.9 Å². The lowest BCUT2D eigenvalue weighted by molar-refractivity contribution is -0.686. The Morgan fingerprint density at radius 3 is 2.57 bits per heavy atom. The van der Waals surface area contributed by atoms with Gasteiger partial charge >= 0.3 is 0 Å². The van der Waals surface area contributed by atoms with Crippen molar-refractivity contribution in [1.82, 2.24) is 19.3 Å². The number of sulfonamides is 1. The summed E-state index contributed by atoms with van der Waals surface area (Å²) in [7, 11) is -1.96. The minimum absolute atomic E-state index is 0. The third-order valence-corrected chi connectivity index (χ3v) is 10.3. The molecule has 14 heteroatoms. The maximum atomic E-state index is 13.0. The maximum Gasteiger partial charge on any atom is 0.243 e. The first-order valence-corrected chi connectivity index (χ1v) is 16.1. The van der Waals surface area contributed by atoms with Gasteiger partial charge < -0.3 is 36.1 Å². The average molecular weight is 664 g/mol. The summed E-state index contributed by atoms with van der Waals surface area (Å²) >= 11 is 0. The van der Waals surface area contributed by atoms with Crippen molar-refractivity contribution in [3.8, 4) is 39.9 Å². The normalized spacial score (nSPS) is 15.6. The number of hydrogen-bond acceptors (Lipinski definition) is 9. The van der Waals surface area contributed by atoms with E-state index in [-0.39, 0.29) is 30.7 Å². The van der Waals surface area contributed by atoms with Gasteiger partial charge in [-0.05, 0) is 59.5 Å². The van der Waals surface area contributed by atoms with E-state index < -0.39 is 10.0 Å². The van der Waals surface area contributed by atoms with Crippen molar-refractivity contribution in [3.05, 3.63) is 78.2 Å². The van der Waals surface area contributed by atoms with Crippen molar-refractivity contribution in [2.24, 2.45) is 0 Å². The maximum absolute atomic E-state index is 13.0. The summed E-state index contributed by atoms with van der Waals surface area (Å²) in [6.45, 7) is 2.71. The number of nitrogens with zero attached hydrogens (tertiary/aromatic N) is 5. The molecule has 3 aromatic carbocycles. The number of ether oxygens (including phenoxy) is 5. The molecular formula is C32H30ClN5O7S. The van der Waals surface area contributed by atoms with Crippen molar-refractivity contribution in [3.63, 3.8) is 0 Å². The third-order valence-electron chi connectivity index (χ3n) is 8.41. The minimum Gasteiger partial charge on any atom is -1.00 e. The molecule has 1 fully saturated rings. The summed E-state index contributed by atoms with van der Waals surface area (Å²) in [5.74, 6) is 2.80. The SMILES string of the molecule is COc1ccc2cc3[n+](cc2c1OCc1cn(-c2ccc(S(=O)(=O)N4CCOCC4)cc2)nn1)CCc1cc2c(cc1-3)OCO2.[Cl-]. The van der Waals surface area contributed by atoms with Gasteiger partial charge in [0.2, 0.25) is 22.5 Å². The Morgan fingerprint density at radius 1 is 1.00 bits per heavy atom. The van der Waals surface area contributed by atoms with Gasteiger partial charge in [0.1, 0.15) is 12.3 Å². The number of benzene rings is 3. The molecule has 0 radical (unpaired) electrons. The van der Waals surface area contributed by atoms with Gasteiger partial charge in [-0.25, -0.2) is 13.1 Å². The van der Waals surface area contributed by atoms with Crippen LogP contribution in [0.2, 0.25) is 0 Å². The Labute approximate surface area is 271 Å². The second kappa shape index (κ2) is 12.1. The smallest absolute Gasteiger partial charge is 0.243 e. The van der Waals surface area contributed by atoms with E-state index in [0.717, 1.165) is 46.5 Å². The van der Waals surface area contributed by atoms with Gasteiger partial charge in [0.25, 0.3) is 0 Å². The molecule has 1 saturated heterocycles. The molecule has 238 valence electrons. The molecule has 0 saturated carbocycles. The van der Waals surface area contributed by atoms with Gasteiger partial charge in [-0.1, -0.05) is 5.21 Å². The Bertz CT molecular complexity index is 2050. The van der Waals surface area contributed by atoms with Gasteiger partial charge in [-0.15, -0.1) is 5.10 Å². The van der Waals surface area contributed by atoms with E-state index in [0.29, 0.717) is 49.2 Å². The standard InChI is InChI=1S/C32H30N5O7S.ClH/c1-40-29-7-2-21-14-28-26-16-31-30(43-20-44-31)15-22(26)8-9-35(28)18-27(21)32(29)42-19-23-17-37(34-33-23)24-3-5-25(6-4-24)45(38,39)36-10-12-41-13-11-36;/h2-7,14-18H,8-13,19-20H2,1H3;1H/q+1;/p-1. The van der Waals surface area contributed by atoms with Gasteiger partial charge in [0.05, 0.1) is 48.1 Å². The average Bonchev–Trinajstić information content (AvgIpc) is 3.75. The minimum atomic E-state index is -3.58. The zero-order valence-corrected chi connectivity index (χ0v) is 26.5. The quantitative estimate of drug-likeness (QED) is 0.226. The second-order valence-corrected chi connectivity index (χ2v) is 13.0. The van der Waals surface area contributed by atoms with Gasteiger partial charge in [-0.3, -0.25) is 0 Å². The van der Waals surface area contributed by atoms with Crippen LogP contribution in [0.1, 0.15) is 11.3 Å². The number of pyridine rings is 1. The molecule has 5 heterocycles. The number of rotatable bonds is 7. The summed E-state index contributed by atoms with van der Waals surface area (Å²) < 4.78 is 59.8. The molecule has 0 atom stereocenters. The topological polar surface area (TPSA) is 118 Å². The largest absolute Gasteiger partial charge is 1.00 e. The van der Waals surface area contributed by atoms with E-state index in [2.05, 4.69) is 39.3 Å². The highest BCUT2D eigenvalue weighted by atomic mass is 35.5. The van der Waals surface area contributed by atoms with Crippen molar-refractivity contribution >= 4 is 20.8 Å². The van der Waals surface area contributed by atoms with Crippen molar-refractivity contribution in [2.75, 3.05) is 40.2 Å². The molecule has 46 heavy (non-hydrogen) atoms. The number of fused-ring (bicyclic) bond motifs is 5. The monoisotopic (exact) mass is 663 g/mol. The van der Waals surface area contributed by atoms with Gasteiger partial charge in [-0.2, -0.15) is 8.87 Å². The molecule has 8 rings (SSSR count). The lowest BCUT2D eigenvalue weighted by Gasteiger charge is -2.26. The van der Waals surface area contributed by atoms with Crippen LogP contribution in [0.5, 0.6) is 23.0 Å². The molecule has 0 amide bonds. The van der Waals surface area contributed by atoms with Crippen LogP contribution in [-0.2, 0) is 34.3 Å². The molecule has 12 nitrogen and oxygen atoms in total. The van der Waals surface area contributed by atoms with E-state index in [1.165, 1.54) is 9.87 Å². The predicted molar refractivity (Wildman–Crippen MR) is 161 cm³/mol. The van der Waals surface area contributed by atoms with E-state index in [4.69, 9.17) is 23.7 Å². The van der Waals surface area contributed by atoms with Crippen LogP contribution < -0.4 is 35.9 Å². The first-order chi connectivity index (χ1) is 22.0. The van der Waals surface area contributed by atoms with Crippen LogP contribution in [0.25, 0.3) is 27.7 Å². The van der Waals surface area contributed by atoms with E-state index in [1.54, 1.807) is 42.3 Å². The lowest BCUT2D eigenvalue weighted by atomic mass is 9.95. The first-order valence-electron chi connectivity index (χ1n) is 14.7. The number of morpholine rings is 1. The summed E-state index contributed by atoms with van der Waals surface area (Å²) in [6.07, 6.45) is 4.75. The van der Waals surface area contributed by atoms with Crippen molar-refractivity contribution in [2.45, 2.75) is 24.5 Å². The number of hydrogen-bond donors (Lipinski definition) is 0. The zero-order valence-electron chi connectivity index (χ0n) is 24.9. The number of aryl methyl sites for hydroxylation is 2. The van der Waals surface area contributed by atoms with Crippen LogP contribution in [0.4, 0.5) is 0 Å². The highest BCUT2D eigenvalue weighted by Crippen LogP contribution is 2.41. The number of methoxy groups -OCH3 is 1. The molecule has 0 aliphatic carbocycles. The van der Waals surface area contributed by atoms with E-state index >= 15 is 0 Å². The van der Waals surface area contributed by atoms with Crippen LogP contribution in [0.15, 0.2) is 71.9 Å². The molecule has 5 aromatic rings. The Hall–Kier alpha value is -4.43. The summed E-state index contributed by atoms with van der Waals surface area (Å²) in [4.78, 5) is 0.231. The number of aromatic nitrogens is 4. The fourth-order valence-electron chi connectivity index (χ4n) is 6.05. The first kappa shape index (κ1) is 30.2. The zero-order chi connectivity index (χ0) is 30.5. The predicted octanol–water partition coefficient (Wildman–Crippen LogP) is 0.272. The highest BCUT2D eigenvalue weighted by Gasteiger charge is 2.29. The Balaban J connectivity index is 0.00000338. The van der Waals surface area contributed by atoms with E-state index in [1.807, 2.05) is 12.1 Å². The fraction of sp³-hybridized carbons (Fsp3) is 0.281. The van der Waals surface area contributed by atoms with E-state index in [9.17, 15) is 8.42 Å². The van der Waals surface area contributed by atoms with Crippen LogP contribution in [0.3, 0.4) is 0 Å². The number of halogens is 1. The summed E-state index contributed by atoms with van der Waals surface area (Å²) in [5, 5.41) is 10.5.